The van der Waals surface area contributed by atoms with Crippen LogP contribution in [0.4, 0.5) is 0 Å². The third-order valence-corrected chi connectivity index (χ3v) is 6.05. The van der Waals surface area contributed by atoms with E-state index in [-0.39, 0.29) is 49.8 Å². The Balaban J connectivity index is 2.26. The lowest BCUT2D eigenvalue weighted by molar-refractivity contribution is -0.144. The Kier molecular flexibility index (Phi) is 8.57. The van der Waals surface area contributed by atoms with E-state index in [1.807, 2.05) is 0 Å². The second-order valence-corrected chi connectivity index (χ2v) is 8.25. The molecule has 2 aliphatic heterocycles. The van der Waals surface area contributed by atoms with E-state index in [1.54, 1.807) is 38.1 Å². The lowest BCUT2D eigenvalue weighted by Gasteiger charge is -2.34. The molecule has 0 bridgehead atoms. The molecular weight excluding hydrogens is 464 g/mol. The van der Waals surface area contributed by atoms with Gasteiger partial charge in [0.15, 0.2) is 11.9 Å². The molecule has 9 nitrogen and oxygen atoms in total. The van der Waals surface area contributed by atoms with E-state index >= 15 is 0 Å². The average Bonchev–Trinajstić information content (AvgIpc) is 2.89. The minimum atomic E-state index is -1.22. The molecule has 1 fully saturated rings. The number of amides is 1. The number of Topliss-reactive ketones (excluding diaryl/α,β-unsaturated/α-hetero) is 1. The lowest BCUT2D eigenvalue weighted by Crippen LogP contribution is -2.40. The molecule has 3 atom stereocenters. The zero-order valence-electron chi connectivity index (χ0n) is 19.3. The van der Waals surface area contributed by atoms with Crippen LogP contribution >= 0.6 is 11.6 Å². The second-order valence-electron chi connectivity index (χ2n) is 7.84. The van der Waals surface area contributed by atoms with Gasteiger partial charge < -0.3 is 19.5 Å². The summed E-state index contributed by atoms with van der Waals surface area (Å²) in [7, 11) is 1.25. The summed E-state index contributed by atoms with van der Waals surface area (Å²) < 4.78 is 16.2. The van der Waals surface area contributed by atoms with Gasteiger partial charge in [-0.25, -0.2) is 4.79 Å². The Labute approximate surface area is 202 Å². The Morgan fingerprint density at radius 2 is 1.97 bits per heavy atom. The Morgan fingerprint density at radius 3 is 2.65 bits per heavy atom. The van der Waals surface area contributed by atoms with Crippen LogP contribution in [0.1, 0.15) is 38.2 Å². The van der Waals surface area contributed by atoms with E-state index in [0.29, 0.717) is 16.3 Å². The molecule has 2 heterocycles. The van der Waals surface area contributed by atoms with Crippen molar-refractivity contribution in [2.45, 2.75) is 38.7 Å². The maximum atomic E-state index is 13.3. The molecule has 1 aromatic carbocycles. The monoisotopic (exact) mass is 490 g/mol. The van der Waals surface area contributed by atoms with Gasteiger partial charge >= 0.3 is 11.9 Å². The van der Waals surface area contributed by atoms with Gasteiger partial charge in [0.05, 0.1) is 31.6 Å². The standard InChI is InChI=1S/C24H27ClN2O7/c1-4-33-24(31)20-19(14-7-5-6-8-15(14)25)18(23(30)32-3)13(2)27-21(20)22-16(28)9-10-17(29)26-11-12-34-22/h5-8,18-19,22H,4,9-12H2,1-3H3,(H,26,29). The summed E-state index contributed by atoms with van der Waals surface area (Å²) in [4.78, 5) is 55.6. The number of ether oxygens (including phenoxy) is 3. The van der Waals surface area contributed by atoms with Crippen LogP contribution in [0.25, 0.3) is 0 Å². The fourth-order valence-corrected chi connectivity index (χ4v) is 4.42. The van der Waals surface area contributed by atoms with Gasteiger partial charge in [0, 0.05) is 36.0 Å². The van der Waals surface area contributed by atoms with Gasteiger partial charge in [0.2, 0.25) is 5.91 Å². The maximum absolute atomic E-state index is 13.3. The molecular formula is C24H27ClN2O7. The number of methoxy groups -OCH3 is 1. The molecule has 0 aromatic heterocycles. The molecule has 2 aliphatic rings. The summed E-state index contributed by atoms with van der Waals surface area (Å²) in [5.74, 6) is -3.90. The van der Waals surface area contributed by atoms with Crippen LogP contribution in [-0.4, -0.2) is 62.3 Å². The van der Waals surface area contributed by atoms with E-state index in [2.05, 4.69) is 10.3 Å². The van der Waals surface area contributed by atoms with Gasteiger partial charge in [-0.15, -0.1) is 0 Å². The van der Waals surface area contributed by atoms with Crippen molar-refractivity contribution in [2.75, 3.05) is 26.9 Å². The highest BCUT2D eigenvalue weighted by atomic mass is 35.5. The van der Waals surface area contributed by atoms with E-state index in [1.165, 1.54) is 7.11 Å². The van der Waals surface area contributed by atoms with Gasteiger partial charge in [-0.3, -0.25) is 19.4 Å². The smallest absolute Gasteiger partial charge is 0.336 e. The number of nitrogens with one attached hydrogen (secondary N) is 1. The molecule has 0 aliphatic carbocycles. The average molecular weight is 491 g/mol. The van der Waals surface area contributed by atoms with Crippen molar-refractivity contribution in [3.8, 4) is 0 Å². The van der Waals surface area contributed by atoms with E-state index in [9.17, 15) is 19.2 Å². The predicted octanol–water partition coefficient (Wildman–Crippen LogP) is 2.37. The molecule has 1 aromatic rings. The highest BCUT2D eigenvalue weighted by Crippen LogP contribution is 2.43. The zero-order chi connectivity index (χ0) is 24.8. The number of aliphatic imine (C=N–C) groups is 1. The number of rotatable bonds is 5. The number of ketones is 1. The zero-order valence-corrected chi connectivity index (χ0v) is 20.0. The van der Waals surface area contributed by atoms with Crippen LogP contribution in [0.3, 0.4) is 0 Å². The summed E-state index contributed by atoms with van der Waals surface area (Å²) >= 11 is 6.50. The van der Waals surface area contributed by atoms with Crippen LogP contribution in [0.2, 0.25) is 5.02 Å². The lowest BCUT2D eigenvalue weighted by atomic mass is 9.74. The van der Waals surface area contributed by atoms with Crippen molar-refractivity contribution in [1.29, 1.82) is 0 Å². The molecule has 10 heteroatoms. The molecule has 1 amide bonds. The van der Waals surface area contributed by atoms with Crippen LogP contribution in [0.15, 0.2) is 40.5 Å². The van der Waals surface area contributed by atoms with Crippen molar-refractivity contribution >= 4 is 40.9 Å². The van der Waals surface area contributed by atoms with Crippen LogP contribution in [-0.2, 0) is 33.4 Å². The number of hydrogen-bond acceptors (Lipinski definition) is 8. The summed E-state index contributed by atoms with van der Waals surface area (Å²) in [5, 5.41) is 2.99. The maximum Gasteiger partial charge on any atom is 0.336 e. The van der Waals surface area contributed by atoms with Crippen LogP contribution < -0.4 is 5.32 Å². The van der Waals surface area contributed by atoms with Crippen LogP contribution in [0, 0.1) is 5.92 Å². The fourth-order valence-electron chi connectivity index (χ4n) is 4.17. The molecule has 34 heavy (non-hydrogen) atoms. The first-order valence-electron chi connectivity index (χ1n) is 11.0. The van der Waals surface area contributed by atoms with E-state index in [4.69, 9.17) is 25.8 Å². The highest BCUT2D eigenvalue weighted by molar-refractivity contribution is 6.31. The molecule has 1 saturated heterocycles. The van der Waals surface area contributed by atoms with Gasteiger partial charge in [-0.05, 0) is 25.5 Å². The van der Waals surface area contributed by atoms with Crippen molar-refractivity contribution in [3.05, 3.63) is 46.1 Å². The number of carbonyl (C=O) groups is 4. The minimum absolute atomic E-state index is 0.00725. The number of nitrogens with zero attached hydrogens (tertiary/aromatic N) is 1. The summed E-state index contributed by atoms with van der Waals surface area (Å²) in [6.45, 7) is 3.57. The fraction of sp³-hybridized carbons (Fsp3) is 0.458. The number of esters is 2. The van der Waals surface area contributed by atoms with E-state index < -0.39 is 35.7 Å². The number of hydrogen-bond donors (Lipinski definition) is 1. The SMILES string of the molecule is CCOC(=O)C1=C(C2OCCNC(=O)CCC2=O)N=C(C)C(C(=O)OC)C1c1ccccc1Cl. The highest BCUT2D eigenvalue weighted by Gasteiger charge is 2.46. The largest absolute Gasteiger partial charge is 0.468 e. The molecule has 1 N–H and O–H groups in total. The summed E-state index contributed by atoms with van der Waals surface area (Å²) in [5.41, 5.74) is 0.889. The van der Waals surface area contributed by atoms with Crippen molar-refractivity contribution < 1.29 is 33.4 Å². The van der Waals surface area contributed by atoms with Crippen molar-refractivity contribution in [3.63, 3.8) is 0 Å². The second kappa shape index (κ2) is 11.4. The summed E-state index contributed by atoms with van der Waals surface area (Å²) in [6, 6.07) is 6.81. The third kappa shape index (κ3) is 5.37. The first-order valence-corrected chi connectivity index (χ1v) is 11.4. The number of benzene rings is 1. The minimum Gasteiger partial charge on any atom is -0.468 e. The quantitative estimate of drug-likeness (QED) is 0.629. The molecule has 182 valence electrons. The molecule has 3 rings (SSSR count). The first kappa shape index (κ1) is 25.6. The van der Waals surface area contributed by atoms with Crippen molar-refractivity contribution in [2.24, 2.45) is 10.9 Å². The predicted molar refractivity (Wildman–Crippen MR) is 123 cm³/mol. The Morgan fingerprint density at radius 1 is 1.24 bits per heavy atom. The van der Waals surface area contributed by atoms with Crippen LogP contribution in [0.5, 0.6) is 0 Å². The number of carbonyl (C=O) groups excluding carboxylic acids is 4. The van der Waals surface area contributed by atoms with Gasteiger partial charge in [-0.2, -0.15) is 0 Å². The van der Waals surface area contributed by atoms with E-state index in [0.717, 1.165) is 0 Å². The Hall–Kier alpha value is -3.04. The Bertz CT molecular complexity index is 1050. The molecule has 3 unspecified atom stereocenters. The van der Waals surface area contributed by atoms with Gasteiger partial charge in [0.1, 0.15) is 5.92 Å². The number of halogens is 1. The first-order chi connectivity index (χ1) is 16.3. The summed E-state index contributed by atoms with van der Waals surface area (Å²) in [6.07, 6.45) is -1.32. The third-order valence-electron chi connectivity index (χ3n) is 5.71. The molecule has 0 saturated carbocycles. The molecule has 0 spiro atoms. The van der Waals surface area contributed by atoms with Gasteiger partial charge in [0.25, 0.3) is 0 Å². The van der Waals surface area contributed by atoms with Gasteiger partial charge in [-0.1, -0.05) is 29.8 Å². The topological polar surface area (TPSA) is 120 Å². The molecule has 0 radical (unpaired) electrons. The van der Waals surface area contributed by atoms with Crippen molar-refractivity contribution in [1.82, 2.24) is 5.32 Å². The normalized spacial score (nSPS) is 23.8.